The maximum Gasteiger partial charge on any atom is 0.323 e. The average Bonchev–Trinajstić information content (AvgIpc) is 3.20. The molecule has 1 fully saturated rings. The van der Waals surface area contributed by atoms with Crippen LogP contribution in [0.2, 0.25) is 0 Å². The number of nitrogens with zero attached hydrogens (tertiary/aromatic N) is 1. The van der Waals surface area contributed by atoms with E-state index >= 15 is 0 Å². The van der Waals surface area contributed by atoms with E-state index < -0.39 is 27.7 Å². The van der Waals surface area contributed by atoms with Crippen molar-refractivity contribution in [3.63, 3.8) is 0 Å². The Kier molecular flexibility index (Phi) is 4.21. The highest BCUT2D eigenvalue weighted by Gasteiger charge is 2.64. The van der Waals surface area contributed by atoms with E-state index in [1.165, 1.54) is 26.4 Å². The number of nitrogens with one attached hydrogen (secondary N) is 1. The van der Waals surface area contributed by atoms with Gasteiger partial charge in [-0.3, -0.25) is 19.7 Å². The van der Waals surface area contributed by atoms with Crippen molar-refractivity contribution < 1.29 is 24.0 Å². The molecule has 0 bridgehead atoms. The lowest BCUT2D eigenvalue weighted by atomic mass is 9.72. The number of carbonyl (C=O) groups excluding carboxylic acids is 2. The first-order chi connectivity index (χ1) is 12.3. The van der Waals surface area contributed by atoms with Crippen molar-refractivity contribution in [3.05, 3.63) is 46.5 Å². The van der Waals surface area contributed by atoms with E-state index in [0.717, 1.165) is 5.69 Å². The van der Waals surface area contributed by atoms with Crippen LogP contribution >= 0.6 is 0 Å². The van der Waals surface area contributed by atoms with Gasteiger partial charge in [-0.2, -0.15) is 0 Å². The van der Waals surface area contributed by atoms with Crippen LogP contribution in [0.5, 0.6) is 0 Å². The molecule has 1 spiro atoms. The molecule has 1 aliphatic heterocycles. The first-order valence-electron chi connectivity index (χ1n) is 8.17. The Morgan fingerprint density at radius 1 is 1.35 bits per heavy atom. The fourth-order valence-electron chi connectivity index (χ4n) is 4.46. The number of methoxy groups -OCH3 is 2. The van der Waals surface area contributed by atoms with Gasteiger partial charge in [0.1, 0.15) is 0 Å². The van der Waals surface area contributed by atoms with E-state index in [1.807, 2.05) is 0 Å². The van der Waals surface area contributed by atoms with Crippen molar-refractivity contribution in [2.24, 2.45) is 11.3 Å². The van der Waals surface area contributed by atoms with E-state index in [2.05, 4.69) is 11.9 Å². The Labute approximate surface area is 150 Å². The number of esters is 2. The molecule has 2 atom stereocenters. The Balaban J connectivity index is 2.16. The van der Waals surface area contributed by atoms with Gasteiger partial charge in [-0.05, 0) is 30.4 Å². The van der Waals surface area contributed by atoms with Crippen LogP contribution in [0.25, 0.3) is 0 Å². The minimum Gasteiger partial charge on any atom is -0.468 e. The number of nitro benzene ring substituents is 1. The molecule has 3 rings (SSSR count). The highest BCUT2D eigenvalue weighted by Crippen LogP contribution is 2.59. The van der Waals surface area contributed by atoms with E-state index in [1.54, 1.807) is 12.1 Å². The van der Waals surface area contributed by atoms with Gasteiger partial charge in [0.05, 0.1) is 19.1 Å². The van der Waals surface area contributed by atoms with E-state index in [4.69, 9.17) is 9.47 Å². The molecule has 0 unspecified atom stereocenters. The largest absolute Gasteiger partial charge is 0.468 e. The summed E-state index contributed by atoms with van der Waals surface area (Å²) < 4.78 is 9.81. The van der Waals surface area contributed by atoms with Crippen molar-refractivity contribution in [2.75, 3.05) is 26.1 Å². The van der Waals surface area contributed by atoms with Gasteiger partial charge >= 0.3 is 11.9 Å². The molecule has 8 nitrogen and oxygen atoms in total. The summed E-state index contributed by atoms with van der Waals surface area (Å²) in [4.78, 5) is 35.8. The zero-order valence-electron chi connectivity index (χ0n) is 14.6. The number of benzene rings is 1. The van der Waals surface area contributed by atoms with Crippen LogP contribution in [0.1, 0.15) is 18.4 Å². The number of fused-ring (bicyclic) bond motifs is 2. The molecular formula is C18H20N2O6. The predicted molar refractivity (Wildman–Crippen MR) is 92.7 cm³/mol. The number of hydrogen-bond acceptors (Lipinski definition) is 7. The van der Waals surface area contributed by atoms with Gasteiger partial charge in [-0.15, -0.1) is 6.58 Å². The molecule has 138 valence electrons. The summed E-state index contributed by atoms with van der Waals surface area (Å²) in [6.07, 6.45) is 2.01. The van der Waals surface area contributed by atoms with Crippen molar-refractivity contribution in [2.45, 2.75) is 18.3 Å². The van der Waals surface area contributed by atoms with Gasteiger partial charge in [0.2, 0.25) is 0 Å². The van der Waals surface area contributed by atoms with Gasteiger partial charge < -0.3 is 14.8 Å². The zero-order valence-corrected chi connectivity index (χ0v) is 14.6. The van der Waals surface area contributed by atoms with Crippen LogP contribution in [0, 0.1) is 21.4 Å². The van der Waals surface area contributed by atoms with Gasteiger partial charge in [0.15, 0.2) is 5.41 Å². The molecule has 1 aromatic carbocycles. The molecule has 1 aromatic rings. The molecule has 0 aromatic heterocycles. The monoisotopic (exact) mass is 360 g/mol. The summed E-state index contributed by atoms with van der Waals surface area (Å²) in [6, 6.07) is 4.59. The van der Waals surface area contributed by atoms with Crippen LogP contribution in [-0.4, -0.2) is 37.6 Å². The highest BCUT2D eigenvalue weighted by molar-refractivity contribution is 6.01. The lowest BCUT2D eigenvalue weighted by Crippen LogP contribution is -2.41. The summed E-state index contributed by atoms with van der Waals surface area (Å²) in [5, 5.41) is 14.4. The summed E-state index contributed by atoms with van der Waals surface area (Å²) in [7, 11) is 2.46. The standard InChI is InChI=1S/C18H20N2O6/c1-4-11-8-17(15(21)25-2,16(22)26-3)9-18(11)10-19-14-6-5-12(20(23)24)7-13(14)18/h4-7,11,19H,1,8-10H2,2-3H3/t11-,18-/m1/s1. The summed E-state index contributed by atoms with van der Waals surface area (Å²) in [5.41, 5.74) is -0.704. The molecule has 26 heavy (non-hydrogen) atoms. The summed E-state index contributed by atoms with van der Waals surface area (Å²) >= 11 is 0. The number of non-ortho nitro benzene ring substituents is 1. The minimum absolute atomic E-state index is 0.0386. The molecule has 8 heteroatoms. The average molecular weight is 360 g/mol. The van der Waals surface area contributed by atoms with Crippen LogP contribution in [0.3, 0.4) is 0 Å². The number of nitro groups is 1. The summed E-state index contributed by atoms with van der Waals surface area (Å²) in [6.45, 7) is 4.30. The van der Waals surface area contributed by atoms with Gasteiger partial charge in [0, 0.05) is 29.8 Å². The van der Waals surface area contributed by atoms with Crippen LogP contribution < -0.4 is 5.32 Å². The molecule has 1 N–H and O–H groups in total. The second-order valence-electron chi connectivity index (χ2n) is 6.79. The third-order valence-corrected chi connectivity index (χ3v) is 5.68. The normalized spacial score (nSPS) is 25.2. The highest BCUT2D eigenvalue weighted by atomic mass is 16.6. The molecule has 1 heterocycles. The zero-order chi connectivity index (χ0) is 19.1. The van der Waals surface area contributed by atoms with Gasteiger partial charge in [-0.25, -0.2) is 0 Å². The molecular weight excluding hydrogens is 340 g/mol. The minimum atomic E-state index is -1.46. The third-order valence-electron chi connectivity index (χ3n) is 5.68. The Hall–Kier alpha value is -2.90. The van der Waals surface area contributed by atoms with Crippen LogP contribution in [0.4, 0.5) is 11.4 Å². The molecule has 1 aliphatic carbocycles. The van der Waals surface area contributed by atoms with Crippen molar-refractivity contribution in [1.29, 1.82) is 0 Å². The number of hydrogen-bond donors (Lipinski definition) is 1. The third kappa shape index (κ3) is 2.28. The van der Waals surface area contributed by atoms with Crippen LogP contribution in [0.15, 0.2) is 30.9 Å². The maximum absolute atomic E-state index is 12.5. The number of carbonyl (C=O) groups is 2. The maximum atomic E-state index is 12.5. The van der Waals surface area contributed by atoms with E-state index in [0.29, 0.717) is 12.1 Å². The Morgan fingerprint density at radius 2 is 2.00 bits per heavy atom. The second kappa shape index (κ2) is 6.12. The molecule has 0 radical (unpaired) electrons. The lowest BCUT2D eigenvalue weighted by molar-refractivity contribution is -0.384. The first-order valence-corrected chi connectivity index (χ1v) is 8.17. The second-order valence-corrected chi connectivity index (χ2v) is 6.79. The van der Waals surface area contributed by atoms with E-state index in [-0.39, 0.29) is 24.4 Å². The fourth-order valence-corrected chi connectivity index (χ4v) is 4.46. The SMILES string of the molecule is C=C[C@@H]1CC(C(=O)OC)(C(=O)OC)C[C@@]12CNc1ccc([N+](=O)[O-])cc12. The topological polar surface area (TPSA) is 108 Å². The first kappa shape index (κ1) is 17.9. The van der Waals surface area contributed by atoms with Crippen molar-refractivity contribution in [1.82, 2.24) is 0 Å². The van der Waals surface area contributed by atoms with E-state index in [9.17, 15) is 19.7 Å². The lowest BCUT2D eigenvalue weighted by Gasteiger charge is -2.30. The quantitative estimate of drug-likeness (QED) is 0.288. The number of rotatable bonds is 4. The molecule has 0 amide bonds. The number of ether oxygens (including phenoxy) is 2. The Morgan fingerprint density at radius 3 is 2.54 bits per heavy atom. The summed E-state index contributed by atoms with van der Waals surface area (Å²) in [5.74, 6) is -1.57. The van der Waals surface area contributed by atoms with Crippen molar-refractivity contribution in [3.8, 4) is 0 Å². The van der Waals surface area contributed by atoms with Crippen LogP contribution in [-0.2, 0) is 24.5 Å². The predicted octanol–water partition coefficient (Wildman–Crippen LogP) is 2.19. The molecule has 0 saturated heterocycles. The number of allylic oxidation sites excluding steroid dienone is 1. The van der Waals surface area contributed by atoms with Gasteiger partial charge in [-0.1, -0.05) is 6.08 Å². The molecule has 1 saturated carbocycles. The number of anilines is 1. The van der Waals surface area contributed by atoms with Crippen molar-refractivity contribution >= 4 is 23.3 Å². The van der Waals surface area contributed by atoms with Gasteiger partial charge in [0.25, 0.3) is 5.69 Å². The fraction of sp³-hybridized carbons (Fsp3) is 0.444. The molecule has 2 aliphatic rings. The Bertz CT molecular complexity index is 789. The smallest absolute Gasteiger partial charge is 0.323 e.